The van der Waals surface area contributed by atoms with Gasteiger partial charge in [-0.05, 0) is 31.5 Å². The van der Waals surface area contributed by atoms with Gasteiger partial charge in [0.1, 0.15) is 5.82 Å². The Morgan fingerprint density at radius 2 is 2.24 bits per heavy atom. The molecule has 90 valence electrons. The van der Waals surface area contributed by atoms with E-state index in [9.17, 15) is 0 Å². The Morgan fingerprint density at radius 1 is 1.41 bits per heavy atom. The van der Waals surface area contributed by atoms with Crippen molar-refractivity contribution >= 4 is 22.9 Å². The van der Waals surface area contributed by atoms with Gasteiger partial charge in [-0.3, -0.25) is 0 Å². The zero-order valence-electron chi connectivity index (χ0n) is 10.3. The second kappa shape index (κ2) is 4.99. The molecule has 0 amide bonds. The average Bonchev–Trinajstić information content (AvgIpc) is 2.77. The van der Waals surface area contributed by atoms with Gasteiger partial charge in [-0.2, -0.15) is 0 Å². The molecule has 0 unspecified atom stereocenters. The van der Waals surface area contributed by atoms with Crippen LogP contribution in [0.15, 0.2) is 18.2 Å². The van der Waals surface area contributed by atoms with Gasteiger partial charge in [0.25, 0.3) is 0 Å². The minimum Gasteiger partial charge on any atom is -0.372 e. The molecule has 17 heavy (non-hydrogen) atoms. The van der Waals surface area contributed by atoms with E-state index in [-0.39, 0.29) is 0 Å². The van der Waals surface area contributed by atoms with Crippen LogP contribution in [0.1, 0.15) is 26.1 Å². The largest absolute Gasteiger partial charge is 0.372 e. The number of hydrogen-bond acceptors (Lipinski definition) is 3. The number of H-pyrrole nitrogens is 1. The summed E-state index contributed by atoms with van der Waals surface area (Å²) in [5.74, 6) is 0.607. The van der Waals surface area contributed by atoms with Crippen LogP contribution >= 0.6 is 0 Å². The highest BCUT2D eigenvalue weighted by atomic mass is 15.1. The van der Waals surface area contributed by atoms with Gasteiger partial charge in [0.2, 0.25) is 0 Å². The fourth-order valence-electron chi connectivity index (χ4n) is 2.02. The summed E-state index contributed by atoms with van der Waals surface area (Å²) in [4.78, 5) is 9.75. The number of hydrogen-bond donors (Lipinski definition) is 2. The van der Waals surface area contributed by atoms with E-state index in [1.807, 2.05) is 6.07 Å². The molecular weight excluding hydrogens is 212 g/mol. The van der Waals surface area contributed by atoms with Crippen molar-refractivity contribution in [3.63, 3.8) is 0 Å². The first-order valence-electron chi connectivity index (χ1n) is 6.03. The van der Waals surface area contributed by atoms with E-state index in [1.165, 1.54) is 11.9 Å². The average molecular weight is 230 g/mol. The Balaban J connectivity index is 2.38. The summed E-state index contributed by atoms with van der Waals surface area (Å²) >= 11 is 0. The van der Waals surface area contributed by atoms with Crippen LogP contribution in [0, 0.1) is 5.41 Å². The first kappa shape index (κ1) is 11.6. The summed E-state index contributed by atoms with van der Waals surface area (Å²) in [6, 6.07) is 6.21. The fourth-order valence-corrected chi connectivity index (χ4v) is 2.02. The van der Waals surface area contributed by atoms with E-state index in [0.717, 1.165) is 30.5 Å². The molecule has 1 heterocycles. The number of anilines is 1. The predicted molar refractivity (Wildman–Crippen MR) is 72.2 cm³/mol. The van der Waals surface area contributed by atoms with Crippen LogP contribution in [0.25, 0.3) is 11.0 Å². The number of nitrogens with zero attached hydrogens (tertiary/aromatic N) is 2. The van der Waals surface area contributed by atoms with Crippen molar-refractivity contribution in [3.05, 3.63) is 24.0 Å². The highest BCUT2D eigenvalue weighted by molar-refractivity contribution is 5.85. The first-order chi connectivity index (χ1) is 8.28. The molecule has 0 atom stereocenters. The third-order valence-electron chi connectivity index (χ3n) is 2.86. The molecule has 4 nitrogen and oxygen atoms in total. The predicted octanol–water partition coefficient (Wildman–Crippen LogP) is 2.80. The zero-order valence-corrected chi connectivity index (χ0v) is 10.3. The van der Waals surface area contributed by atoms with Crippen molar-refractivity contribution in [1.82, 2.24) is 9.97 Å². The summed E-state index contributed by atoms with van der Waals surface area (Å²) in [5, 5.41) is 7.19. The molecule has 0 saturated heterocycles. The summed E-state index contributed by atoms with van der Waals surface area (Å²) < 4.78 is 0. The minimum atomic E-state index is 0.607. The lowest BCUT2D eigenvalue weighted by Crippen LogP contribution is -2.23. The molecule has 0 spiro atoms. The lowest BCUT2D eigenvalue weighted by molar-refractivity contribution is 0.792. The molecule has 0 fully saturated rings. The van der Waals surface area contributed by atoms with Crippen LogP contribution in [0.2, 0.25) is 0 Å². The normalized spacial score (nSPS) is 10.7. The van der Waals surface area contributed by atoms with Crippen molar-refractivity contribution in [2.45, 2.75) is 20.3 Å². The van der Waals surface area contributed by atoms with E-state index in [2.05, 4.69) is 40.8 Å². The second-order valence-electron chi connectivity index (χ2n) is 4.05. The van der Waals surface area contributed by atoms with Crippen LogP contribution < -0.4 is 4.90 Å². The third kappa shape index (κ3) is 2.30. The third-order valence-corrected chi connectivity index (χ3v) is 2.86. The van der Waals surface area contributed by atoms with Gasteiger partial charge in [0.15, 0.2) is 0 Å². The summed E-state index contributed by atoms with van der Waals surface area (Å²) in [6.45, 7) is 6.42. The second-order valence-corrected chi connectivity index (χ2v) is 4.05. The molecule has 0 aliphatic carbocycles. The number of rotatable bonds is 5. The highest BCUT2D eigenvalue weighted by Crippen LogP contribution is 2.20. The first-order valence-corrected chi connectivity index (χ1v) is 6.03. The number of imidazole rings is 1. The van der Waals surface area contributed by atoms with Crippen molar-refractivity contribution < 1.29 is 0 Å². The van der Waals surface area contributed by atoms with Crippen LogP contribution in [-0.2, 0) is 0 Å². The lowest BCUT2D eigenvalue weighted by Gasteiger charge is -2.22. The van der Waals surface area contributed by atoms with E-state index in [1.54, 1.807) is 0 Å². The maximum Gasteiger partial charge on any atom is 0.148 e. The van der Waals surface area contributed by atoms with Gasteiger partial charge < -0.3 is 15.3 Å². The van der Waals surface area contributed by atoms with Crippen LogP contribution in [0.4, 0.5) is 5.69 Å². The van der Waals surface area contributed by atoms with Crippen LogP contribution in [0.3, 0.4) is 0 Å². The van der Waals surface area contributed by atoms with Crippen molar-refractivity contribution in [1.29, 1.82) is 5.41 Å². The Kier molecular flexibility index (Phi) is 3.42. The minimum absolute atomic E-state index is 0.607. The standard InChI is InChI=1S/C13H18N4/c1-3-7-17(4-2)10-5-6-11-12(8-10)16-13(9-14)15-11/h5-6,8-9,14H,3-4,7H2,1-2H3,(H,15,16). The van der Waals surface area contributed by atoms with Crippen molar-refractivity contribution in [2.24, 2.45) is 0 Å². The molecule has 0 aliphatic heterocycles. The molecule has 1 aromatic heterocycles. The topological polar surface area (TPSA) is 55.8 Å². The fraction of sp³-hybridized carbons (Fsp3) is 0.385. The van der Waals surface area contributed by atoms with E-state index in [4.69, 9.17) is 5.41 Å². The number of nitrogens with one attached hydrogen (secondary N) is 2. The Labute approximate surface area is 101 Å². The zero-order chi connectivity index (χ0) is 12.3. The molecule has 0 radical (unpaired) electrons. The van der Waals surface area contributed by atoms with E-state index < -0.39 is 0 Å². The summed E-state index contributed by atoms with van der Waals surface area (Å²) in [7, 11) is 0. The maximum atomic E-state index is 7.19. The maximum absolute atomic E-state index is 7.19. The van der Waals surface area contributed by atoms with Gasteiger partial charge in [-0.15, -0.1) is 0 Å². The van der Waals surface area contributed by atoms with Crippen LogP contribution in [0.5, 0.6) is 0 Å². The Hall–Kier alpha value is -1.84. The van der Waals surface area contributed by atoms with E-state index in [0.29, 0.717) is 5.82 Å². The number of benzene rings is 1. The molecule has 0 bridgehead atoms. The lowest BCUT2D eigenvalue weighted by atomic mass is 10.2. The molecule has 4 heteroatoms. The molecule has 2 rings (SSSR count). The van der Waals surface area contributed by atoms with Gasteiger partial charge in [0, 0.05) is 18.8 Å². The Morgan fingerprint density at radius 3 is 2.88 bits per heavy atom. The SMILES string of the molecule is CCCN(CC)c1ccc2nc(C=N)[nH]c2c1. The van der Waals surface area contributed by atoms with Gasteiger partial charge in [-0.1, -0.05) is 6.92 Å². The number of fused-ring (bicyclic) bond motifs is 1. The monoisotopic (exact) mass is 230 g/mol. The molecule has 2 N–H and O–H groups in total. The number of aromatic nitrogens is 2. The molecule has 1 aromatic carbocycles. The number of aromatic amines is 1. The smallest absolute Gasteiger partial charge is 0.148 e. The molecular formula is C13H18N4. The van der Waals surface area contributed by atoms with Gasteiger partial charge in [0.05, 0.1) is 17.2 Å². The van der Waals surface area contributed by atoms with E-state index >= 15 is 0 Å². The van der Waals surface area contributed by atoms with Gasteiger partial charge >= 0.3 is 0 Å². The Bertz CT molecular complexity index is 515. The van der Waals surface area contributed by atoms with Crippen molar-refractivity contribution in [2.75, 3.05) is 18.0 Å². The van der Waals surface area contributed by atoms with Crippen LogP contribution in [-0.4, -0.2) is 29.3 Å². The molecule has 0 aliphatic rings. The summed E-state index contributed by atoms with van der Waals surface area (Å²) in [6.07, 6.45) is 2.38. The highest BCUT2D eigenvalue weighted by Gasteiger charge is 2.06. The van der Waals surface area contributed by atoms with Gasteiger partial charge in [-0.25, -0.2) is 4.98 Å². The van der Waals surface area contributed by atoms with Crippen molar-refractivity contribution in [3.8, 4) is 0 Å². The molecule has 0 saturated carbocycles. The summed E-state index contributed by atoms with van der Waals surface area (Å²) in [5.41, 5.74) is 3.12. The molecule has 2 aromatic rings. The quantitative estimate of drug-likeness (QED) is 0.776.